The highest BCUT2D eigenvalue weighted by Gasteiger charge is 2.09. The lowest BCUT2D eigenvalue weighted by Gasteiger charge is -2.13. The van der Waals surface area contributed by atoms with Gasteiger partial charge in [0.05, 0.1) is 17.7 Å². The lowest BCUT2D eigenvalue weighted by atomic mass is 10.1. The van der Waals surface area contributed by atoms with Crippen LogP contribution in [0.15, 0.2) is 53.0 Å². The van der Waals surface area contributed by atoms with E-state index in [0.29, 0.717) is 40.3 Å². The minimum absolute atomic E-state index is 0.287. The summed E-state index contributed by atoms with van der Waals surface area (Å²) in [4.78, 5) is 4.11. The van der Waals surface area contributed by atoms with Crippen molar-refractivity contribution in [2.45, 2.75) is 40.6 Å². The third kappa shape index (κ3) is 7.24. The first-order valence-corrected chi connectivity index (χ1v) is 11.0. The molecule has 3 nitrogen and oxygen atoms in total. The normalized spacial score (nSPS) is 10.4. The van der Waals surface area contributed by atoms with Crippen molar-refractivity contribution in [3.05, 3.63) is 91.3 Å². The molecule has 2 aromatic carbocycles. The molecule has 0 amide bonds. The minimum atomic E-state index is -0.287. The average Bonchev–Trinajstić information content (AvgIpc) is 2.73. The molecule has 0 atom stereocenters. The van der Waals surface area contributed by atoms with Crippen LogP contribution in [0.5, 0.6) is 5.88 Å². The number of benzene rings is 2. The molecule has 1 aromatic heterocycles. The quantitative estimate of drug-likeness (QED) is 0.300. The highest BCUT2D eigenvalue weighted by Crippen LogP contribution is 2.23. The van der Waals surface area contributed by atoms with Crippen molar-refractivity contribution in [2.24, 2.45) is 0 Å². The fraction of sp³-hybridized carbons (Fsp3) is 0.261. The van der Waals surface area contributed by atoms with E-state index in [0.717, 1.165) is 22.3 Å². The summed E-state index contributed by atoms with van der Waals surface area (Å²) in [7, 11) is 0. The lowest BCUT2D eigenvalue weighted by Crippen LogP contribution is -2.04. The molecule has 0 fully saturated rings. The highest BCUT2D eigenvalue weighted by atomic mass is 79.9. The number of aromatic nitrogens is 1. The van der Waals surface area contributed by atoms with Crippen molar-refractivity contribution in [1.82, 2.24) is 4.98 Å². The van der Waals surface area contributed by atoms with Crippen LogP contribution in [0.3, 0.4) is 0 Å². The van der Waals surface area contributed by atoms with Crippen LogP contribution < -0.4 is 4.74 Å². The number of aryl methyl sites for hydroxylation is 1. The zero-order valence-corrected chi connectivity index (χ0v) is 20.1. The van der Waals surface area contributed by atoms with Crippen molar-refractivity contribution in [3.8, 4) is 5.88 Å². The fourth-order valence-electron chi connectivity index (χ4n) is 2.61. The molecule has 0 aliphatic heterocycles. The van der Waals surface area contributed by atoms with Gasteiger partial charge in [-0.2, -0.15) is 0 Å². The lowest BCUT2D eigenvalue weighted by molar-refractivity contribution is 0.105. The van der Waals surface area contributed by atoms with Crippen molar-refractivity contribution in [3.63, 3.8) is 0 Å². The van der Waals surface area contributed by atoms with E-state index in [2.05, 4.69) is 20.9 Å². The van der Waals surface area contributed by atoms with E-state index in [-0.39, 0.29) is 5.82 Å². The van der Waals surface area contributed by atoms with Gasteiger partial charge in [0.15, 0.2) is 0 Å². The first-order valence-electron chi connectivity index (χ1n) is 9.47. The summed E-state index contributed by atoms with van der Waals surface area (Å²) in [6.45, 7) is 6.86. The Kier molecular flexibility index (Phi) is 10.1. The Hall–Kier alpha value is -1.66. The van der Waals surface area contributed by atoms with Crippen LogP contribution in [0, 0.1) is 12.7 Å². The van der Waals surface area contributed by atoms with Gasteiger partial charge in [-0.3, -0.25) is 0 Å². The Morgan fingerprint density at radius 3 is 2.40 bits per heavy atom. The second-order valence-electron chi connectivity index (χ2n) is 6.19. The van der Waals surface area contributed by atoms with Gasteiger partial charge in [0.2, 0.25) is 5.88 Å². The Labute approximate surface area is 195 Å². The van der Waals surface area contributed by atoms with Crippen molar-refractivity contribution < 1.29 is 13.9 Å². The van der Waals surface area contributed by atoms with E-state index in [4.69, 9.17) is 32.7 Å². The first-order chi connectivity index (χ1) is 14.4. The SMILES string of the molecule is CC.Cc1cc(F)c(Br)cc1COCc1cc(Cl)ccc1COc1cccc(Cl)n1. The molecule has 160 valence electrons. The molecule has 0 aliphatic carbocycles. The minimum Gasteiger partial charge on any atom is -0.473 e. The van der Waals surface area contributed by atoms with Crippen LogP contribution in [-0.2, 0) is 24.6 Å². The molecular weight excluding hydrogens is 492 g/mol. The fourth-order valence-corrected chi connectivity index (χ4v) is 3.35. The Bertz CT molecular complexity index is 985. The van der Waals surface area contributed by atoms with Gasteiger partial charge in [0, 0.05) is 11.1 Å². The van der Waals surface area contributed by atoms with Gasteiger partial charge < -0.3 is 9.47 Å². The van der Waals surface area contributed by atoms with Crippen LogP contribution in [0.2, 0.25) is 10.2 Å². The van der Waals surface area contributed by atoms with Gasteiger partial charge >= 0.3 is 0 Å². The number of halogens is 4. The second-order valence-corrected chi connectivity index (χ2v) is 7.86. The maximum absolute atomic E-state index is 13.6. The van der Waals surface area contributed by atoms with Gasteiger partial charge in [-0.15, -0.1) is 0 Å². The van der Waals surface area contributed by atoms with Gasteiger partial charge in [-0.05, 0) is 75.4 Å². The number of hydrogen-bond acceptors (Lipinski definition) is 3. The number of rotatable bonds is 7. The van der Waals surface area contributed by atoms with Gasteiger partial charge in [0.1, 0.15) is 17.6 Å². The van der Waals surface area contributed by atoms with Crippen LogP contribution in [-0.4, -0.2) is 4.98 Å². The summed E-state index contributed by atoms with van der Waals surface area (Å²) < 4.78 is 25.6. The molecule has 3 aromatic rings. The second kappa shape index (κ2) is 12.3. The molecular formula is C23H23BrCl2FNO2. The molecule has 1 heterocycles. The van der Waals surface area contributed by atoms with Gasteiger partial charge in [-0.25, -0.2) is 9.37 Å². The van der Waals surface area contributed by atoms with Crippen molar-refractivity contribution >= 4 is 39.1 Å². The summed E-state index contributed by atoms with van der Waals surface area (Å²) in [5.41, 5.74) is 3.59. The predicted molar refractivity (Wildman–Crippen MR) is 124 cm³/mol. The van der Waals surface area contributed by atoms with E-state index in [1.54, 1.807) is 30.3 Å². The van der Waals surface area contributed by atoms with Crippen LogP contribution in [0.1, 0.15) is 36.1 Å². The highest BCUT2D eigenvalue weighted by molar-refractivity contribution is 9.10. The maximum atomic E-state index is 13.6. The number of pyridine rings is 1. The largest absolute Gasteiger partial charge is 0.473 e. The van der Waals surface area contributed by atoms with Crippen molar-refractivity contribution in [2.75, 3.05) is 0 Å². The number of nitrogens with zero attached hydrogens (tertiary/aromatic N) is 1. The topological polar surface area (TPSA) is 31.4 Å². The Balaban J connectivity index is 0.00000155. The van der Waals surface area contributed by atoms with Crippen molar-refractivity contribution in [1.29, 1.82) is 0 Å². The van der Waals surface area contributed by atoms with E-state index >= 15 is 0 Å². The monoisotopic (exact) mass is 513 g/mol. The molecule has 0 saturated heterocycles. The molecule has 0 radical (unpaired) electrons. The first kappa shape index (κ1) is 24.6. The van der Waals surface area contributed by atoms with Gasteiger partial charge in [-0.1, -0.05) is 49.2 Å². The van der Waals surface area contributed by atoms with E-state index in [9.17, 15) is 4.39 Å². The predicted octanol–water partition coefficient (Wildman–Crippen LogP) is 7.92. The maximum Gasteiger partial charge on any atom is 0.214 e. The third-order valence-corrected chi connectivity index (χ3v) is 5.18. The standard InChI is InChI=1S/C21H17BrCl2FNO2.C2H6/c1-13-7-19(25)18(22)9-15(13)10-27-11-16-8-17(23)6-5-14(16)12-28-21-4-2-3-20(24)26-21;1-2/h2-9H,10-12H2,1H3;1-2H3. The van der Waals surface area contributed by atoms with Gasteiger partial charge in [0.25, 0.3) is 0 Å². The van der Waals surface area contributed by atoms with E-state index in [1.165, 1.54) is 6.07 Å². The molecule has 0 bridgehead atoms. The molecule has 0 aliphatic rings. The zero-order valence-electron chi connectivity index (χ0n) is 17.0. The smallest absolute Gasteiger partial charge is 0.214 e. The van der Waals surface area contributed by atoms with E-state index < -0.39 is 0 Å². The van der Waals surface area contributed by atoms with Crippen LogP contribution in [0.4, 0.5) is 4.39 Å². The average molecular weight is 515 g/mol. The molecule has 0 spiro atoms. The molecule has 30 heavy (non-hydrogen) atoms. The summed E-state index contributed by atoms with van der Waals surface area (Å²) in [5.74, 6) is 0.159. The summed E-state index contributed by atoms with van der Waals surface area (Å²) in [5, 5.41) is 0.988. The molecule has 7 heteroatoms. The summed E-state index contributed by atoms with van der Waals surface area (Å²) >= 11 is 15.2. The Morgan fingerprint density at radius 1 is 0.933 bits per heavy atom. The third-order valence-electron chi connectivity index (χ3n) is 4.13. The molecule has 3 rings (SSSR count). The molecule has 0 N–H and O–H groups in total. The van der Waals surface area contributed by atoms with Crippen LogP contribution in [0.25, 0.3) is 0 Å². The summed E-state index contributed by atoms with van der Waals surface area (Å²) in [6, 6.07) is 14.0. The van der Waals surface area contributed by atoms with Crippen LogP contribution >= 0.6 is 39.1 Å². The molecule has 0 saturated carbocycles. The molecule has 0 unspecified atom stereocenters. The zero-order chi connectivity index (χ0) is 22.1. The number of hydrogen-bond donors (Lipinski definition) is 0. The number of ether oxygens (including phenoxy) is 2. The Morgan fingerprint density at radius 2 is 1.67 bits per heavy atom. The van der Waals surface area contributed by atoms with E-state index in [1.807, 2.05) is 32.9 Å². The summed E-state index contributed by atoms with van der Waals surface area (Å²) in [6.07, 6.45) is 0.